The molecular formula is C19H13ClFN3O3. The highest BCUT2D eigenvalue weighted by Gasteiger charge is 2.16. The van der Waals surface area contributed by atoms with E-state index < -0.39 is 11.8 Å². The van der Waals surface area contributed by atoms with Gasteiger partial charge in [-0.1, -0.05) is 11.6 Å². The van der Waals surface area contributed by atoms with Gasteiger partial charge in [0.2, 0.25) is 0 Å². The van der Waals surface area contributed by atoms with Crippen LogP contribution in [-0.2, 0) is 4.79 Å². The SMILES string of the molecule is COc1cc2ncc(C#N)c(Nc3ccc(F)c(Cl)c3)c2cc1OC(C)=O. The predicted octanol–water partition coefficient (Wildman–Crippen LogP) is 4.58. The Bertz CT molecular complexity index is 1100. The standard InChI is InChI=1S/C19H13ClFN3O3/c1-10(25)27-18-6-13-16(7-17(18)26-2)23-9-11(8-22)19(13)24-12-3-4-15(21)14(20)5-12/h3-7,9H,1-2H3,(H,23,24). The molecule has 8 heteroatoms. The van der Waals surface area contributed by atoms with E-state index in [0.717, 1.165) is 0 Å². The number of halogens is 2. The van der Waals surface area contributed by atoms with Crippen molar-refractivity contribution in [3.8, 4) is 17.6 Å². The van der Waals surface area contributed by atoms with Crippen LogP contribution in [0.5, 0.6) is 11.5 Å². The zero-order chi connectivity index (χ0) is 19.6. The summed E-state index contributed by atoms with van der Waals surface area (Å²) in [6.07, 6.45) is 1.40. The molecule has 0 amide bonds. The summed E-state index contributed by atoms with van der Waals surface area (Å²) < 4.78 is 23.8. The molecule has 1 N–H and O–H groups in total. The lowest BCUT2D eigenvalue weighted by Gasteiger charge is -2.14. The third-order valence-electron chi connectivity index (χ3n) is 3.72. The second-order valence-electron chi connectivity index (χ2n) is 5.53. The van der Waals surface area contributed by atoms with E-state index in [2.05, 4.69) is 16.4 Å². The van der Waals surface area contributed by atoms with E-state index in [0.29, 0.717) is 28.0 Å². The Morgan fingerprint density at radius 1 is 1.30 bits per heavy atom. The molecular weight excluding hydrogens is 373 g/mol. The first-order valence-corrected chi connectivity index (χ1v) is 8.12. The molecule has 0 unspecified atom stereocenters. The zero-order valence-electron chi connectivity index (χ0n) is 14.3. The van der Waals surface area contributed by atoms with E-state index in [9.17, 15) is 14.4 Å². The smallest absolute Gasteiger partial charge is 0.308 e. The molecule has 6 nitrogen and oxygen atoms in total. The van der Waals surface area contributed by atoms with Gasteiger partial charge in [-0.05, 0) is 24.3 Å². The lowest BCUT2D eigenvalue weighted by molar-refractivity contribution is -0.132. The zero-order valence-corrected chi connectivity index (χ0v) is 15.1. The van der Waals surface area contributed by atoms with Gasteiger partial charge in [-0.25, -0.2) is 4.39 Å². The van der Waals surface area contributed by atoms with E-state index in [1.807, 2.05) is 0 Å². The van der Waals surface area contributed by atoms with Crippen LogP contribution in [-0.4, -0.2) is 18.1 Å². The van der Waals surface area contributed by atoms with Gasteiger partial charge >= 0.3 is 5.97 Å². The number of nitrogens with zero attached hydrogens (tertiary/aromatic N) is 2. The Morgan fingerprint density at radius 2 is 2.07 bits per heavy atom. The van der Waals surface area contributed by atoms with Gasteiger partial charge in [-0.3, -0.25) is 9.78 Å². The number of anilines is 2. The van der Waals surface area contributed by atoms with Gasteiger partial charge in [-0.15, -0.1) is 0 Å². The van der Waals surface area contributed by atoms with Crippen molar-refractivity contribution in [3.63, 3.8) is 0 Å². The summed E-state index contributed by atoms with van der Waals surface area (Å²) in [4.78, 5) is 15.6. The van der Waals surface area contributed by atoms with Crippen molar-refractivity contribution >= 4 is 39.8 Å². The fourth-order valence-corrected chi connectivity index (χ4v) is 2.71. The van der Waals surface area contributed by atoms with Crippen molar-refractivity contribution in [2.24, 2.45) is 0 Å². The summed E-state index contributed by atoms with van der Waals surface area (Å²) in [6, 6.07) is 9.31. The minimum Gasteiger partial charge on any atom is -0.493 e. The van der Waals surface area contributed by atoms with Crippen LogP contribution in [0.3, 0.4) is 0 Å². The quantitative estimate of drug-likeness (QED) is 0.523. The first-order valence-electron chi connectivity index (χ1n) is 7.74. The van der Waals surface area contributed by atoms with E-state index in [4.69, 9.17) is 21.1 Å². The van der Waals surface area contributed by atoms with Gasteiger partial charge in [0.25, 0.3) is 0 Å². The number of aromatic nitrogens is 1. The second kappa shape index (κ2) is 7.48. The maximum absolute atomic E-state index is 13.4. The lowest BCUT2D eigenvalue weighted by Crippen LogP contribution is -2.04. The highest BCUT2D eigenvalue weighted by atomic mass is 35.5. The molecule has 0 fully saturated rings. The van der Waals surface area contributed by atoms with E-state index in [1.54, 1.807) is 12.1 Å². The van der Waals surface area contributed by atoms with Gasteiger partial charge < -0.3 is 14.8 Å². The number of hydrogen-bond donors (Lipinski definition) is 1. The molecule has 0 aliphatic carbocycles. The van der Waals surface area contributed by atoms with E-state index in [-0.39, 0.29) is 16.3 Å². The Hall–Kier alpha value is -3.37. The molecule has 136 valence electrons. The minimum atomic E-state index is -0.552. The average molecular weight is 386 g/mol. The van der Waals surface area contributed by atoms with Crippen LogP contribution in [0.4, 0.5) is 15.8 Å². The van der Waals surface area contributed by atoms with Gasteiger partial charge in [0.1, 0.15) is 11.9 Å². The van der Waals surface area contributed by atoms with Crippen molar-refractivity contribution in [3.05, 3.63) is 52.9 Å². The number of rotatable bonds is 4. The van der Waals surface area contributed by atoms with Crippen molar-refractivity contribution < 1.29 is 18.7 Å². The molecule has 0 aliphatic rings. The molecule has 2 aromatic carbocycles. The number of esters is 1. The fourth-order valence-electron chi connectivity index (χ4n) is 2.53. The number of ether oxygens (including phenoxy) is 2. The van der Waals surface area contributed by atoms with E-state index in [1.165, 1.54) is 38.4 Å². The van der Waals surface area contributed by atoms with Crippen LogP contribution >= 0.6 is 11.6 Å². The summed E-state index contributed by atoms with van der Waals surface area (Å²) in [7, 11) is 1.44. The van der Waals surface area contributed by atoms with Crippen LogP contribution in [0.25, 0.3) is 10.9 Å². The molecule has 3 rings (SSSR count). The number of benzene rings is 2. The molecule has 3 aromatic rings. The Labute approximate surface area is 159 Å². The maximum atomic E-state index is 13.4. The van der Waals surface area contributed by atoms with Crippen LogP contribution in [0.1, 0.15) is 12.5 Å². The molecule has 0 saturated carbocycles. The predicted molar refractivity (Wildman–Crippen MR) is 99.0 cm³/mol. The first kappa shape index (κ1) is 18.4. The average Bonchev–Trinajstić information content (AvgIpc) is 2.64. The molecule has 1 heterocycles. The summed E-state index contributed by atoms with van der Waals surface area (Å²) in [5.74, 6) is -0.554. The van der Waals surface area contributed by atoms with Crippen LogP contribution in [0.15, 0.2) is 36.5 Å². The number of fused-ring (bicyclic) bond motifs is 1. The molecule has 0 saturated heterocycles. The lowest BCUT2D eigenvalue weighted by atomic mass is 10.1. The number of pyridine rings is 1. The van der Waals surface area contributed by atoms with Crippen LogP contribution in [0, 0.1) is 17.1 Å². The minimum absolute atomic E-state index is 0.0564. The third kappa shape index (κ3) is 3.76. The molecule has 0 atom stereocenters. The number of carbonyl (C=O) groups excluding carboxylic acids is 1. The topological polar surface area (TPSA) is 84.2 Å². The summed E-state index contributed by atoms with van der Waals surface area (Å²) >= 11 is 5.83. The van der Waals surface area contributed by atoms with Crippen molar-refractivity contribution in [1.82, 2.24) is 4.98 Å². The van der Waals surface area contributed by atoms with Crippen molar-refractivity contribution in [2.75, 3.05) is 12.4 Å². The fraction of sp³-hybridized carbons (Fsp3) is 0.105. The summed E-state index contributed by atoms with van der Waals surface area (Å²) in [5, 5.41) is 13.0. The largest absolute Gasteiger partial charge is 0.493 e. The van der Waals surface area contributed by atoms with Gasteiger partial charge in [-0.2, -0.15) is 5.26 Å². The Morgan fingerprint density at radius 3 is 2.70 bits per heavy atom. The highest BCUT2D eigenvalue weighted by Crippen LogP contribution is 2.37. The molecule has 0 radical (unpaired) electrons. The van der Waals surface area contributed by atoms with Crippen molar-refractivity contribution in [1.29, 1.82) is 5.26 Å². The van der Waals surface area contributed by atoms with Crippen LogP contribution < -0.4 is 14.8 Å². The maximum Gasteiger partial charge on any atom is 0.308 e. The van der Waals surface area contributed by atoms with Crippen molar-refractivity contribution in [2.45, 2.75) is 6.92 Å². The number of hydrogen-bond acceptors (Lipinski definition) is 6. The van der Waals surface area contributed by atoms with Gasteiger partial charge in [0.15, 0.2) is 11.5 Å². The van der Waals surface area contributed by atoms with Gasteiger partial charge in [0, 0.05) is 30.3 Å². The summed E-state index contributed by atoms with van der Waals surface area (Å²) in [6.45, 7) is 1.27. The van der Waals surface area contributed by atoms with Crippen LogP contribution in [0.2, 0.25) is 5.02 Å². The third-order valence-corrected chi connectivity index (χ3v) is 4.01. The monoisotopic (exact) mass is 385 g/mol. The first-order chi connectivity index (χ1) is 12.9. The summed E-state index contributed by atoms with van der Waals surface area (Å²) in [5.41, 5.74) is 1.66. The second-order valence-corrected chi connectivity index (χ2v) is 5.93. The molecule has 0 spiro atoms. The molecule has 0 bridgehead atoms. The highest BCUT2D eigenvalue weighted by molar-refractivity contribution is 6.31. The normalized spacial score (nSPS) is 10.3. The Kier molecular flexibility index (Phi) is 5.10. The number of nitriles is 1. The molecule has 0 aliphatic heterocycles. The van der Waals surface area contributed by atoms with E-state index >= 15 is 0 Å². The molecule has 27 heavy (non-hydrogen) atoms. The number of carbonyl (C=O) groups is 1. The Balaban J connectivity index is 2.20. The number of nitrogens with one attached hydrogen (secondary N) is 1. The van der Waals surface area contributed by atoms with Gasteiger partial charge in [0.05, 0.1) is 28.9 Å². The number of methoxy groups -OCH3 is 1. The molecule has 1 aromatic heterocycles.